The largest absolute Gasteiger partial charge is 0.371 e. The van der Waals surface area contributed by atoms with Crippen LogP contribution in [0.15, 0.2) is 40.5 Å². The number of ether oxygens (including phenoxy) is 1. The topological polar surface area (TPSA) is 182 Å². The lowest BCUT2D eigenvalue weighted by Gasteiger charge is -2.37. The number of carbonyl (C=O) groups excluding carboxylic acids is 1. The summed E-state index contributed by atoms with van der Waals surface area (Å²) in [6, 6.07) is 5.63. The molecule has 1 aliphatic heterocycles. The molecule has 14 heteroatoms. The monoisotopic (exact) mass is 563 g/mol. The molecule has 0 bridgehead atoms. The zero-order valence-electron chi connectivity index (χ0n) is 22.7. The van der Waals surface area contributed by atoms with E-state index in [1.165, 1.54) is 6.07 Å². The molecule has 1 aliphatic rings. The van der Waals surface area contributed by atoms with E-state index in [1.807, 2.05) is 33.8 Å². The Kier molecular flexibility index (Phi) is 9.80. The number of para-hydroxylation sites is 1. The number of piperidine rings is 1. The van der Waals surface area contributed by atoms with Crippen molar-refractivity contribution in [2.75, 3.05) is 19.6 Å². The third kappa shape index (κ3) is 8.83. The lowest BCUT2D eigenvalue weighted by Crippen LogP contribution is -2.53. The first kappa shape index (κ1) is 30.2. The number of hydrogen-bond donors (Lipinski definition) is 3. The second-order valence-electron chi connectivity index (χ2n) is 10.6. The molecule has 1 amide bonds. The van der Waals surface area contributed by atoms with Gasteiger partial charge in [0.25, 0.3) is 5.96 Å². The molecule has 0 spiro atoms. The average Bonchev–Trinajstić information content (AvgIpc) is 2.83. The fourth-order valence-electron chi connectivity index (χ4n) is 4.54. The third-order valence-corrected chi connectivity index (χ3v) is 7.57. The molecule has 13 nitrogen and oxygen atoms in total. The highest BCUT2D eigenvalue weighted by atomic mass is 32.2. The number of fused-ring (bicyclic) bond motifs is 1. The Morgan fingerprint density at radius 3 is 2.82 bits per heavy atom. The standard InChI is InChI=1S/C25H37N7O6S/c1-17-14-18-8-5-11-21(22(18)28-15-17)39(36,37)30-20(10-6-12-27-24(26)29-32(34)35)23(33)31-13-7-9-19(16-31)38-25(2,3)4/h5,8,11,14-15,19-20,30H,6-7,9-10,12-13,16H2,1-4H3,(H3,26,27,29)/t19?,20-/m0/s1. The highest BCUT2D eigenvalue weighted by Gasteiger charge is 2.34. The van der Waals surface area contributed by atoms with Crippen molar-refractivity contribution in [3.8, 4) is 0 Å². The van der Waals surface area contributed by atoms with Gasteiger partial charge in [-0.15, -0.1) is 0 Å². The van der Waals surface area contributed by atoms with E-state index >= 15 is 0 Å². The Hall–Kier alpha value is -3.36. The van der Waals surface area contributed by atoms with E-state index in [9.17, 15) is 23.3 Å². The van der Waals surface area contributed by atoms with Gasteiger partial charge >= 0.3 is 0 Å². The van der Waals surface area contributed by atoms with Crippen LogP contribution in [0.5, 0.6) is 0 Å². The molecule has 0 radical (unpaired) electrons. The molecule has 0 saturated carbocycles. The minimum Gasteiger partial charge on any atom is -0.371 e. The maximum Gasteiger partial charge on any atom is 0.266 e. The molecule has 1 saturated heterocycles. The number of aromatic nitrogens is 1. The van der Waals surface area contributed by atoms with Crippen LogP contribution in [0.25, 0.3) is 10.9 Å². The highest BCUT2D eigenvalue weighted by molar-refractivity contribution is 7.89. The summed E-state index contributed by atoms with van der Waals surface area (Å²) in [6.07, 6.45) is 3.37. The molecule has 1 aromatic carbocycles. The number of hydrazone groups is 1. The average molecular weight is 564 g/mol. The lowest BCUT2D eigenvalue weighted by atomic mass is 10.0. The number of nitrogens with zero attached hydrogens (tertiary/aromatic N) is 4. The van der Waals surface area contributed by atoms with Crippen LogP contribution in [0.2, 0.25) is 0 Å². The molecule has 1 aromatic heterocycles. The van der Waals surface area contributed by atoms with Crippen LogP contribution in [0.4, 0.5) is 0 Å². The summed E-state index contributed by atoms with van der Waals surface area (Å²) in [5, 5.41) is 15.8. The van der Waals surface area contributed by atoms with Crippen LogP contribution in [0.1, 0.15) is 52.0 Å². The minimum atomic E-state index is -4.14. The van der Waals surface area contributed by atoms with E-state index < -0.39 is 21.1 Å². The quantitative estimate of drug-likeness (QED) is 0.128. The Balaban J connectivity index is 1.82. The van der Waals surface area contributed by atoms with Crippen LogP contribution < -0.4 is 15.8 Å². The third-order valence-electron chi connectivity index (χ3n) is 6.07. The first-order valence-electron chi connectivity index (χ1n) is 12.8. The summed E-state index contributed by atoms with van der Waals surface area (Å²) in [5.74, 6) is -0.740. The Morgan fingerprint density at radius 1 is 1.38 bits per heavy atom. The molecule has 214 valence electrons. The fraction of sp³-hybridized carbons (Fsp3) is 0.560. The second kappa shape index (κ2) is 12.7. The van der Waals surface area contributed by atoms with E-state index in [0.717, 1.165) is 18.4 Å². The van der Waals surface area contributed by atoms with Gasteiger partial charge in [-0.25, -0.2) is 18.5 Å². The number of amides is 1. The van der Waals surface area contributed by atoms with E-state index in [-0.39, 0.29) is 47.9 Å². The lowest BCUT2D eigenvalue weighted by molar-refractivity contribution is -0.485. The molecule has 3 rings (SSSR count). The zero-order valence-corrected chi connectivity index (χ0v) is 23.5. The Morgan fingerprint density at radius 2 is 2.13 bits per heavy atom. The predicted octanol–water partition coefficient (Wildman–Crippen LogP) is 1.87. The number of pyridine rings is 1. The van der Waals surface area contributed by atoms with Gasteiger partial charge in [0, 0.05) is 31.2 Å². The number of aryl methyl sites for hydroxylation is 1. The fourth-order valence-corrected chi connectivity index (χ4v) is 5.95. The van der Waals surface area contributed by atoms with Crippen molar-refractivity contribution < 1.29 is 23.0 Å². The van der Waals surface area contributed by atoms with Crippen LogP contribution >= 0.6 is 0 Å². The molecule has 0 aliphatic carbocycles. The summed E-state index contributed by atoms with van der Waals surface area (Å²) in [5.41, 5.74) is 6.28. The Labute approximate surface area is 228 Å². The molecule has 2 aromatic rings. The number of nitrogens with two attached hydrogens (primary N) is 1. The van der Waals surface area contributed by atoms with Crippen LogP contribution in [0, 0.1) is 17.0 Å². The first-order chi connectivity index (χ1) is 18.2. The van der Waals surface area contributed by atoms with Crippen molar-refractivity contribution in [3.05, 3.63) is 46.1 Å². The normalized spacial score (nSPS) is 17.7. The highest BCUT2D eigenvalue weighted by Crippen LogP contribution is 2.24. The molecule has 1 unspecified atom stereocenters. The molecular weight excluding hydrogens is 526 g/mol. The first-order valence-corrected chi connectivity index (χ1v) is 14.3. The van der Waals surface area contributed by atoms with Crippen molar-refractivity contribution in [2.45, 2.75) is 76.0 Å². The van der Waals surface area contributed by atoms with Gasteiger partial charge in [-0.1, -0.05) is 12.1 Å². The number of carbonyl (C=O) groups is 1. The van der Waals surface area contributed by atoms with Gasteiger partial charge in [-0.2, -0.15) is 4.72 Å². The van der Waals surface area contributed by atoms with Gasteiger partial charge < -0.3 is 20.7 Å². The molecule has 39 heavy (non-hydrogen) atoms. The molecule has 1 fully saturated rings. The number of nitro groups is 1. The zero-order chi connectivity index (χ0) is 28.8. The van der Waals surface area contributed by atoms with Crippen molar-refractivity contribution in [1.82, 2.24) is 19.9 Å². The van der Waals surface area contributed by atoms with E-state index in [4.69, 9.17) is 10.5 Å². The number of sulfonamides is 1. The summed E-state index contributed by atoms with van der Waals surface area (Å²) >= 11 is 0. The molecule has 2 atom stereocenters. The van der Waals surface area contributed by atoms with Crippen molar-refractivity contribution in [3.63, 3.8) is 0 Å². The van der Waals surface area contributed by atoms with Gasteiger partial charge in [-0.05, 0) is 71.1 Å². The van der Waals surface area contributed by atoms with Crippen LogP contribution in [-0.2, 0) is 19.6 Å². The van der Waals surface area contributed by atoms with E-state index in [2.05, 4.69) is 20.1 Å². The van der Waals surface area contributed by atoms with Crippen molar-refractivity contribution >= 4 is 32.8 Å². The van der Waals surface area contributed by atoms with Gasteiger partial charge in [-0.3, -0.25) is 9.78 Å². The van der Waals surface area contributed by atoms with Crippen LogP contribution in [0.3, 0.4) is 0 Å². The predicted molar refractivity (Wildman–Crippen MR) is 147 cm³/mol. The SMILES string of the molecule is Cc1cnc2c(S(=O)(=O)N[C@@H](CCCN/C(N)=N/[N+](=O)[O-])C(=O)N3CCCC(OC(C)(C)C)C3)cccc2c1. The number of hydrogen-bond acceptors (Lipinski definition) is 7. The van der Waals surface area contributed by atoms with Crippen LogP contribution in [-0.4, -0.2) is 72.6 Å². The number of nitrogens with one attached hydrogen (secondary N) is 2. The Bertz CT molecular complexity index is 1330. The van der Waals surface area contributed by atoms with E-state index in [1.54, 1.807) is 23.2 Å². The summed E-state index contributed by atoms with van der Waals surface area (Å²) in [4.78, 5) is 30.1. The maximum atomic E-state index is 13.7. The number of likely N-dealkylation sites (tertiary alicyclic amines) is 1. The van der Waals surface area contributed by atoms with Gasteiger partial charge in [0.15, 0.2) is 5.03 Å². The number of guanidine groups is 1. The summed E-state index contributed by atoms with van der Waals surface area (Å²) in [6.45, 7) is 8.70. The minimum absolute atomic E-state index is 0.0223. The summed E-state index contributed by atoms with van der Waals surface area (Å²) < 4.78 is 35.8. The maximum absolute atomic E-state index is 13.7. The number of benzene rings is 1. The van der Waals surface area contributed by atoms with E-state index in [0.29, 0.717) is 24.0 Å². The molecule has 4 N–H and O–H groups in total. The second-order valence-corrected chi connectivity index (χ2v) is 12.3. The summed E-state index contributed by atoms with van der Waals surface area (Å²) in [7, 11) is -4.14. The molecular formula is C25H37N7O6S. The number of rotatable bonds is 10. The molecule has 2 heterocycles. The van der Waals surface area contributed by atoms with Crippen molar-refractivity contribution in [2.24, 2.45) is 10.8 Å². The van der Waals surface area contributed by atoms with Gasteiger partial charge in [0.05, 0.1) is 17.2 Å². The van der Waals surface area contributed by atoms with Gasteiger partial charge in [0.2, 0.25) is 15.9 Å². The van der Waals surface area contributed by atoms with Gasteiger partial charge in [0.1, 0.15) is 16.0 Å². The smallest absolute Gasteiger partial charge is 0.266 e. The van der Waals surface area contributed by atoms with Crippen molar-refractivity contribution in [1.29, 1.82) is 0 Å².